The van der Waals surface area contributed by atoms with Crippen molar-refractivity contribution in [3.05, 3.63) is 36.0 Å². The molecule has 3 heterocycles. The van der Waals surface area contributed by atoms with Crippen LogP contribution in [0.3, 0.4) is 0 Å². The zero-order chi connectivity index (χ0) is 17.1. The van der Waals surface area contributed by atoms with E-state index in [2.05, 4.69) is 20.4 Å². The van der Waals surface area contributed by atoms with Crippen LogP contribution in [0, 0.1) is 11.7 Å². The van der Waals surface area contributed by atoms with Crippen LogP contribution < -0.4 is 5.32 Å². The lowest BCUT2D eigenvalue weighted by Crippen LogP contribution is -2.40. The van der Waals surface area contributed by atoms with Crippen LogP contribution in [0.15, 0.2) is 28.8 Å². The molecule has 1 aromatic heterocycles. The van der Waals surface area contributed by atoms with E-state index in [4.69, 9.17) is 4.52 Å². The Balaban J connectivity index is 0.00000196. The molecule has 1 atom stereocenters. The summed E-state index contributed by atoms with van der Waals surface area (Å²) in [4.78, 5) is 7.14. The van der Waals surface area contributed by atoms with Gasteiger partial charge in [-0.05, 0) is 75.5 Å². The number of nitrogens with zero attached hydrogens (tertiary/aromatic N) is 3. The average molecular weight is 381 g/mol. The first-order chi connectivity index (χ1) is 12.3. The van der Waals surface area contributed by atoms with Gasteiger partial charge in [0.15, 0.2) is 0 Å². The molecule has 0 saturated carbocycles. The largest absolute Gasteiger partial charge is 0.339 e. The maximum Gasteiger partial charge on any atom is 0.231 e. The number of hydrogen-bond donors (Lipinski definition) is 1. The van der Waals surface area contributed by atoms with Gasteiger partial charge in [0.25, 0.3) is 0 Å². The first-order valence-corrected chi connectivity index (χ1v) is 9.30. The van der Waals surface area contributed by atoms with E-state index in [0.29, 0.717) is 17.6 Å². The Morgan fingerprint density at radius 3 is 2.69 bits per heavy atom. The first kappa shape index (κ1) is 19.3. The van der Waals surface area contributed by atoms with E-state index in [-0.39, 0.29) is 18.2 Å². The number of rotatable bonds is 4. The fourth-order valence-electron chi connectivity index (χ4n) is 3.97. The lowest BCUT2D eigenvalue weighted by atomic mass is 9.93. The fraction of sp³-hybridized carbons (Fsp3) is 0.579. The zero-order valence-electron chi connectivity index (χ0n) is 14.9. The van der Waals surface area contributed by atoms with Crippen molar-refractivity contribution < 1.29 is 8.91 Å². The van der Waals surface area contributed by atoms with Crippen molar-refractivity contribution in [1.29, 1.82) is 0 Å². The van der Waals surface area contributed by atoms with E-state index in [1.54, 1.807) is 12.1 Å². The number of hydrogen-bond acceptors (Lipinski definition) is 5. The summed E-state index contributed by atoms with van der Waals surface area (Å²) in [6.07, 6.45) is 4.81. The Bertz CT molecular complexity index is 687. The summed E-state index contributed by atoms with van der Waals surface area (Å²) >= 11 is 0. The molecule has 5 nitrogen and oxygen atoms in total. The number of halogens is 2. The molecule has 0 radical (unpaired) electrons. The first-order valence-electron chi connectivity index (χ1n) is 9.30. The van der Waals surface area contributed by atoms with Gasteiger partial charge in [-0.2, -0.15) is 4.98 Å². The molecular formula is C19H26ClFN4O. The van der Waals surface area contributed by atoms with Gasteiger partial charge >= 0.3 is 0 Å². The summed E-state index contributed by atoms with van der Waals surface area (Å²) in [5.74, 6) is 2.11. The SMILES string of the molecule is Cl.Fc1ccc(-c2noc(C3CCCN(CC4CCNCC4)C3)n2)cc1. The molecule has 1 aromatic carbocycles. The summed E-state index contributed by atoms with van der Waals surface area (Å²) in [6, 6.07) is 6.22. The van der Waals surface area contributed by atoms with E-state index in [0.717, 1.165) is 37.5 Å². The van der Waals surface area contributed by atoms with Crippen LogP contribution in [-0.4, -0.2) is 47.8 Å². The second kappa shape index (κ2) is 8.93. The Morgan fingerprint density at radius 1 is 1.15 bits per heavy atom. The predicted molar refractivity (Wildman–Crippen MR) is 101 cm³/mol. The van der Waals surface area contributed by atoms with E-state index in [1.165, 1.54) is 44.5 Å². The molecule has 2 fully saturated rings. The maximum absolute atomic E-state index is 13.1. The highest BCUT2D eigenvalue weighted by Crippen LogP contribution is 2.28. The summed E-state index contributed by atoms with van der Waals surface area (Å²) < 4.78 is 18.6. The summed E-state index contributed by atoms with van der Waals surface area (Å²) in [5.41, 5.74) is 0.791. The summed E-state index contributed by atoms with van der Waals surface area (Å²) in [5, 5.41) is 7.53. The van der Waals surface area contributed by atoms with Crippen LogP contribution >= 0.6 is 12.4 Å². The molecule has 0 bridgehead atoms. The molecule has 2 aliphatic heterocycles. The highest BCUT2D eigenvalue weighted by atomic mass is 35.5. The van der Waals surface area contributed by atoms with Gasteiger partial charge in [0, 0.05) is 18.7 Å². The van der Waals surface area contributed by atoms with Crippen molar-refractivity contribution >= 4 is 12.4 Å². The number of likely N-dealkylation sites (tertiary alicyclic amines) is 1. The third-order valence-corrected chi connectivity index (χ3v) is 5.37. The van der Waals surface area contributed by atoms with Gasteiger partial charge < -0.3 is 14.7 Å². The van der Waals surface area contributed by atoms with Crippen molar-refractivity contribution in [3.63, 3.8) is 0 Å². The summed E-state index contributed by atoms with van der Waals surface area (Å²) in [6.45, 7) is 5.63. The monoisotopic (exact) mass is 380 g/mol. The van der Waals surface area contributed by atoms with Crippen LogP contribution in [0.1, 0.15) is 37.5 Å². The van der Waals surface area contributed by atoms with Gasteiger partial charge in [-0.25, -0.2) is 4.39 Å². The number of piperidine rings is 2. The molecule has 0 spiro atoms. The van der Waals surface area contributed by atoms with Gasteiger partial charge in [-0.3, -0.25) is 0 Å². The molecule has 142 valence electrons. The number of nitrogens with one attached hydrogen (secondary N) is 1. The van der Waals surface area contributed by atoms with Gasteiger partial charge in [-0.15, -0.1) is 12.4 Å². The van der Waals surface area contributed by atoms with Crippen molar-refractivity contribution in [3.8, 4) is 11.4 Å². The van der Waals surface area contributed by atoms with Crippen LogP contribution in [0.25, 0.3) is 11.4 Å². The Kier molecular flexibility index (Phi) is 6.62. The smallest absolute Gasteiger partial charge is 0.231 e. The van der Waals surface area contributed by atoms with Crippen molar-refractivity contribution in [2.45, 2.75) is 31.6 Å². The minimum absolute atomic E-state index is 0. The number of aromatic nitrogens is 2. The van der Waals surface area contributed by atoms with Gasteiger partial charge in [-0.1, -0.05) is 5.16 Å². The van der Waals surface area contributed by atoms with E-state index in [1.807, 2.05) is 0 Å². The molecule has 1 N–H and O–H groups in total. The second-order valence-corrected chi connectivity index (χ2v) is 7.26. The van der Waals surface area contributed by atoms with E-state index < -0.39 is 0 Å². The van der Waals surface area contributed by atoms with Crippen molar-refractivity contribution in [2.24, 2.45) is 5.92 Å². The standard InChI is InChI=1S/C19H25FN4O.ClH/c20-17-5-3-15(4-6-17)18-22-19(25-23-18)16-2-1-11-24(13-16)12-14-7-9-21-10-8-14;/h3-6,14,16,21H,1-2,7-13H2;1H. The molecule has 7 heteroatoms. The molecular weight excluding hydrogens is 355 g/mol. The highest BCUT2D eigenvalue weighted by molar-refractivity contribution is 5.85. The second-order valence-electron chi connectivity index (χ2n) is 7.26. The van der Waals surface area contributed by atoms with E-state index in [9.17, 15) is 4.39 Å². The van der Waals surface area contributed by atoms with Gasteiger partial charge in [0.2, 0.25) is 11.7 Å². The molecule has 26 heavy (non-hydrogen) atoms. The van der Waals surface area contributed by atoms with Gasteiger partial charge in [0.05, 0.1) is 5.92 Å². The topological polar surface area (TPSA) is 54.2 Å². The van der Waals surface area contributed by atoms with Crippen molar-refractivity contribution in [1.82, 2.24) is 20.4 Å². The Morgan fingerprint density at radius 2 is 1.92 bits per heavy atom. The Labute approximate surface area is 159 Å². The third-order valence-electron chi connectivity index (χ3n) is 5.37. The van der Waals surface area contributed by atoms with Crippen LogP contribution in [0.5, 0.6) is 0 Å². The molecule has 2 saturated heterocycles. The molecule has 1 unspecified atom stereocenters. The molecule has 2 aromatic rings. The van der Waals surface area contributed by atoms with Crippen LogP contribution in [-0.2, 0) is 0 Å². The predicted octanol–water partition coefficient (Wildman–Crippen LogP) is 3.48. The zero-order valence-corrected chi connectivity index (χ0v) is 15.7. The van der Waals surface area contributed by atoms with E-state index >= 15 is 0 Å². The minimum Gasteiger partial charge on any atom is -0.339 e. The molecule has 0 amide bonds. The minimum atomic E-state index is -0.256. The molecule has 4 rings (SSSR count). The summed E-state index contributed by atoms with van der Waals surface area (Å²) in [7, 11) is 0. The number of benzene rings is 1. The fourth-order valence-corrected chi connectivity index (χ4v) is 3.97. The lowest BCUT2D eigenvalue weighted by Gasteiger charge is -2.35. The molecule has 2 aliphatic rings. The van der Waals surface area contributed by atoms with Crippen LogP contribution in [0.4, 0.5) is 4.39 Å². The third kappa shape index (κ3) is 4.61. The lowest BCUT2D eigenvalue weighted by molar-refractivity contribution is 0.151. The highest BCUT2D eigenvalue weighted by Gasteiger charge is 2.28. The molecule has 0 aliphatic carbocycles. The Hall–Kier alpha value is -1.50. The maximum atomic E-state index is 13.1. The van der Waals surface area contributed by atoms with Crippen molar-refractivity contribution in [2.75, 3.05) is 32.7 Å². The van der Waals surface area contributed by atoms with Crippen LogP contribution in [0.2, 0.25) is 0 Å². The quantitative estimate of drug-likeness (QED) is 0.880. The average Bonchev–Trinajstić information content (AvgIpc) is 3.14. The normalized spacial score (nSPS) is 22.1. The van der Waals surface area contributed by atoms with Gasteiger partial charge in [0.1, 0.15) is 5.82 Å².